The van der Waals surface area contributed by atoms with Gasteiger partial charge in [-0.1, -0.05) is 48.6 Å². The van der Waals surface area contributed by atoms with Crippen molar-refractivity contribution in [2.45, 2.75) is 6.92 Å². The van der Waals surface area contributed by atoms with Gasteiger partial charge in [0.2, 0.25) is 0 Å². The van der Waals surface area contributed by atoms with Gasteiger partial charge in [-0.05, 0) is 13.8 Å². The summed E-state index contributed by atoms with van der Waals surface area (Å²) in [7, 11) is 0. The molecule has 0 saturated carbocycles. The second-order valence-electron chi connectivity index (χ2n) is 1.72. The minimum atomic E-state index is 1.75. The third kappa shape index (κ3) is 6.96. The van der Waals surface area contributed by atoms with Crippen LogP contribution in [0.3, 0.4) is 0 Å². The van der Waals surface area contributed by atoms with Crippen molar-refractivity contribution >= 4 is 0 Å². The van der Waals surface area contributed by atoms with E-state index in [1.54, 1.807) is 6.08 Å². The summed E-state index contributed by atoms with van der Waals surface area (Å²) in [6, 6.07) is 0. The van der Waals surface area contributed by atoms with Gasteiger partial charge >= 0.3 is 0 Å². The Labute approximate surface area is 63.3 Å². The SMILES string of the molecule is [CH2]/C=C/C=C/C=C/C=C/C. The first-order valence-corrected chi connectivity index (χ1v) is 3.32. The molecule has 0 heteroatoms. The molecule has 0 aromatic carbocycles. The van der Waals surface area contributed by atoms with Crippen LogP contribution in [-0.4, -0.2) is 0 Å². The van der Waals surface area contributed by atoms with Crippen molar-refractivity contribution in [2.75, 3.05) is 0 Å². The Hall–Kier alpha value is -1.04. The molecule has 0 N–H and O–H groups in total. The maximum Gasteiger partial charge on any atom is -0.0313 e. The Balaban J connectivity index is 3.51. The molecule has 0 aromatic heterocycles. The summed E-state index contributed by atoms with van der Waals surface area (Å²) in [4.78, 5) is 0. The van der Waals surface area contributed by atoms with E-state index in [1.165, 1.54) is 0 Å². The molecule has 0 rings (SSSR count). The Bertz CT molecular complexity index is 137. The molecule has 0 saturated heterocycles. The summed E-state index contributed by atoms with van der Waals surface area (Å²) < 4.78 is 0. The zero-order valence-corrected chi connectivity index (χ0v) is 6.33. The minimum absolute atomic E-state index is 1.75. The third-order valence-corrected chi connectivity index (χ3v) is 0.884. The summed E-state index contributed by atoms with van der Waals surface area (Å²) in [6.07, 6.45) is 15.5. The Morgan fingerprint density at radius 2 is 1.30 bits per heavy atom. The first-order chi connectivity index (χ1) is 4.91. The Kier molecular flexibility index (Phi) is 7.13. The van der Waals surface area contributed by atoms with Crippen LogP contribution >= 0.6 is 0 Å². The van der Waals surface area contributed by atoms with E-state index in [0.717, 1.165) is 0 Å². The van der Waals surface area contributed by atoms with Crippen LogP contribution in [0.1, 0.15) is 6.92 Å². The van der Waals surface area contributed by atoms with Crippen LogP contribution in [0.15, 0.2) is 48.6 Å². The molecule has 0 atom stereocenters. The predicted molar refractivity (Wildman–Crippen MR) is 47.6 cm³/mol. The lowest BCUT2D eigenvalue weighted by atomic mass is 10.4. The zero-order valence-electron chi connectivity index (χ0n) is 6.33. The molecule has 0 spiro atoms. The quantitative estimate of drug-likeness (QED) is 0.519. The largest absolute Gasteiger partial charge is 0.0877 e. The van der Waals surface area contributed by atoms with E-state index in [4.69, 9.17) is 0 Å². The summed E-state index contributed by atoms with van der Waals surface area (Å²) in [5.41, 5.74) is 0. The highest BCUT2D eigenvalue weighted by Gasteiger charge is 1.58. The zero-order chi connectivity index (χ0) is 7.66. The summed E-state index contributed by atoms with van der Waals surface area (Å²) in [5, 5.41) is 0. The molecule has 53 valence electrons. The van der Waals surface area contributed by atoms with Gasteiger partial charge in [0.15, 0.2) is 0 Å². The monoisotopic (exact) mass is 133 g/mol. The smallest absolute Gasteiger partial charge is 0.0313 e. The van der Waals surface area contributed by atoms with Gasteiger partial charge < -0.3 is 0 Å². The van der Waals surface area contributed by atoms with Gasteiger partial charge in [0.05, 0.1) is 0 Å². The summed E-state index contributed by atoms with van der Waals surface area (Å²) >= 11 is 0. The van der Waals surface area contributed by atoms with Gasteiger partial charge in [0, 0.05) is 0 Å². The van der Waals surface area contributed by atoms with Crippen molar-refractivity contribution in [2.24, 2.45) is 0 Å². The minimum Gasteiger partial charge on any atom is -0.0877 e. The maximum atomic E-state index is 3.55. The Morgan fingerprint density at radius 3 is 1.80 bits per heavy atom. The fourth-order valence-corrected chi connectivity index (χ4v) is 0.446. The normalized spacial score (nSPS) is 13.4. The molecule has 0 heterocycles. The van der Waals surface area contributed by atoms with E-state index in [-0.39, 0.29) is 0 Å². The standard InChI is InChI=1S/C10H13/c1-3-5-7-9-10-8-6-4-2/h3-10H,1H2,2H3/b5-3+,6-4+,9-7+,10-8+. The van der Waals surface area contributed by atoms with Crippen LogP contribution in [0.2, 0.25) is 0 Å². The molecule has 10 heavy (non-hydrogen) atoms. The van der Waals surface area contributed by atoms with Gasteiger partial charge in [0.25, 0.3) is 0 Å². The second-order valence-corrected chi connectivity index (χ2v) is 1.72. The predicted octanol–water partition coefficient (Wildman–Crippen LogP) is 3.07. The average molecular weight is 133 g/mol. The number of hydrogen-bond donors (Lipinski definition) is 0. The lowest BCUT2D eigenvalue weighted by Gasteiger charge is -1.71. The molecule has 0 amide bonds. The van der Waals surface area contributed by atoms with Crippen LogP contribution in [0.4, 0.5) is 0 Å². The lowest BCUT2D eigenvalue weighted by Crippen LogP contribution is -1.49. The van der Waals surface area contributed by atoms with Crippen molar-refractivity contribution in [3.63, 3.8) is 0 Å². The fraction of sp³-hybridized carbons (Fsp3) is 0.100. The lowest BCUT2D eigenvalue weighted by molar-refractivity contribution is 1.73. The van der Waals surface area contributed by atoms with Crippen molar-refractivity contribution in [1.29, 1.82) is 0 Å². The van der Waals surface area contributed by atoms with Crippen molar-refractivity contribution in [3.05, 3.63) is 55.5 Å². The van der Waals surface area contributed by atoms with E-state index in [2.05, 4.69) is 6.92 Å². The molecule has 0 bridgehead atoms. The topological polar surface area (TPSA) is 0 Å². The van der Waals surface area contributed by atoms with Crippen molar-refractivity contribution in [3.8, 4) is 0 Å². The van der Waals surface area contributed by atoms with E-state index < -0.39 is 0 Å². The third-order valence-electron chi connectivity index (χ3n) is 0.884. The molecule has 0 aliphatic rings. The van der Waals surface area contributed by atoms with Crippen LogP contribution in [-0.2, 0) is 0 Å². The molecule has 0 nitrogen and oxygen atoms in total. The van der Waals surface area contributed by atoms with Crippen LogP contribution in [0.5, 0.6) is 0 Å². The average Bonchev–Trinajstić information content (AvgIpc) is 1.97. The number of hydrogen-bond acceptors (Lipinski definition) is 0. The van der Waals surface area contributed by atoms with Gasteiger partial charge in [-0.15, -0.1) is 0 Å². The first kappa shape index (κ1) is 8.96. The van der Waals surface area contributed by atoms with E-state index in [9.17, 15) is 0 Å². The van der Waals surface area contributed by atoms with Gasteiger partial charge in [0.1, 0.15) is 0 Å². The van der Waals surface area contributed by atoms with Crippen LogP contribution < -0.4 is 0 Å². The first-order valence-electron chi connectivity index (χ1n) is 3.32. The van der Waals surface area contributed by atoms with E-state index in [0.29, 0.717) is 0 Å². The molecule has 0 aliphatic carbocycles. The van der Waals surface area contributed by atoms with Crippen molar-refractivity contribution < 1.29 is 0 Å². The molecule has 0 aromatic rings. The molecule has 1 radical (unpaired) electrons. The highest BCUT2D eigenvalue weighted by Crippen LogP contribution is 1.80. The molecule has 0 fully saturated rings. The Morgan fingerprint density at radius 1 is 0.800 bits per heavy atom. The van der Waals surface area contributed by atoms with Gasteiger partial charge in [-0.2, -0.15) is 0 Å². The van der Waals surface area contributed by atoms with Gasteiger partial charge in [-0.25, -0.2) is 0 Å². The molecule has 0 aliphatic heterocycles. The van der Waals surface area contributed by atoms with Crippen molar-refractivity contribution in [1.82, 2.24) is 0 Å². The van der Waals surface area contributed by atoms with E-state index in [1.807, 2.05) is 49.5 Å². The number of rotatable bonds is 3. The molecule has 0 unspecified atom stereocenters. The maximum absolute atomic E-state index is 3.55. The highest BCUT2D eigenvalue weighted by molar-refractivity contribution is 5.15. The van der Waals surface area contributed by atoms with Gasteiger partial charge in [-0.3, -0.25) is 0 Å². The van der Waals surface area contributed by atoms with Crippen LogP contribution in [0.25, 0.3) is 0 Å². The fourth-order valence-electron chi connectivity index (χ4n) is 0.446. The van der Waals surface area contributed by atoms with E-state index >= 15 is 0 Å². The highest BCUT2D eigenvalue weighted by atomic mass is 13.7. The van der Waals surface area contributed by atoms with Crippen LogP contribution in [0, 0.1) is 6.92 Å². The summed E-state index contributed by atoms with van der Waals surface area (Å²) in [6.45, 7) is 5.54. The number of allylic oxidation sites excluding steroid dienone is 8. The molecular formula is C10H13. The second kappa shape index (κ2) is 7.96. The summed E-state index contributed by atoms with van der Waals surface area (Å²) in [5.74, 6) is 0. The molecular weight excluding hydrogens is 120 g/mol.